The number of carbonyl (C=O) groups excluding carboxylic acids is 1. The number of hydrogen-bond donors (Lipinski definition) is 2. The molecular weight excluding hydrogens is 402 g/mol. The van der Waals surface area contributed by atoms with Crippen LogP contribution in [0.1, 0.15) is 36.0 Å². The predicted molar refractivity (Wildman–Crippen MR) is 113 cm³/mol. The fourth-order valence-corrected chi connectivity index (χ4v) is 4.03. The number of ether oxygens (including phenoxy) is 2. The van der Waals surface area contributed by atoms with Gasteiger partial charge in [-0.05, 0) is 37.8 Å². The van der Waals surface area contributed by atoms with Gasteiger partial charge in [0.1, 0.15) is 0 Å². The number of methoxy groups -OCH3 is 1. The summed E-state index contributed by atoms with van der Waals surface area (Å²) < 4.78 is 12.5. The van der Waals surface area contributed by atoms with Crippen LogP contribution in [0.3, 0.4) is 0 Å². The van der Waals surface area contributed by atoms with Crippen molar-refractivity contribution in [1.29, 1.82) is 0 Å². The molecule has 0 atom stereocenters. The van der Waals surface area contributed by atoms with Crippen LogP contribution in [0.15, 0.2) is 37.1 Å². The lowest BCUT2D eigenvalue weighted by atomic mass is 9.92. The van der Waals surface area contributed by atoms with Crippen LogP contribution in [0.5, 0.6) is 0 Å². The fourth-order valence-electron chi connectivity index (χ4n) is 4.03. The number of aromatic nitrogens is 3. The number of amides is 1. The summed E-state index contributed by atoms with van der Waals surface area (Å²) in [6, 6.07) is 3.44. The van der Waals surface area contributed by atoms with E-state index in [9.17, 15) is 14.9 Å². The van der Waals surface area contributed by atoms with Gasteiger partial charge >= 0.3 is 0 Å². The molecule has 2 N–H and O–H groups in total. The van der Waals surface area contributed by atoms with Gasteiger partial charge in [0.25, 0.3) is 11.6 Å². The molecule has 0 spiro atoms. The Morgan fingerprint density at radius 1 is 1.32 bits per heavy atom. The van der Waals surface area contributed by atoms with Crippen LogP contribution in [0, 0.1) is 10.1 Å². The largest absolute Gasteiger partial charge is 0.382 e. The molecule has 4 rings (SSSR count). The molecule has 10 nitrogen and oxygen atoms in total. The van der Waals surface area contributed by atoms with Gasteiger partial charge in [-0.15, -0.1) is 0 Å². The molecule has 0 unspecified atom stereocenters. The Morgan fingerprint density at radius 3 is 2.81 bits per heavy atom. The minimum atomic E-state index is -0.455. The number of H-pyrrole nitrogens is 1. The monoisotopic (exact) mass is 427 g/mol. The lowest BCUT2D eigenvalue weighted by Gasteiger charge is -2.29. The first kappa shape index (κ1) is 21.0. The Hall–Kier alpha value is -3.24. The number of nitrogens with one attached hydrogen (secondary N) is 2. The predicted octanol–water partition coefficient (Wildman–Crippen LogP) is 2.97. The van der Waals surface area contributed by atoms with Gasteiger partial charge < -0.3 is 24.3 Å². The Labute approximate surface area is 178 Å². The summed E-state index contributed by atoms with van der Waals surface area (Å²) >= 11 is 0. The smallest absolute Gasteiger partial charge is 0.294 e. The van der Waals surface area contributed by atoms with Gasteiger partial charge in [0.2, 0.25) is 0 Å². The first-order valence-corrected chi connectivity index (χ1v) is 10.3. The Kier molecular flexibility index (Phi) is 6.28. The van der Waals surface area contributed by atoms with Crippen LogP contribution in [0.4, 0.5) is 5.69 Å². The average molecular weight is 427 g/mol. The van der Waals surface area contributed by atoms with Crippen LogP contribution < -0.4 is 5.32 Å². The summed E-state index contributed by atoms with van der Waals surface area (Å²) in [4.78, 5) is 31.1. The number of benzene rings is 1. The first-order valence-electron chi connectivity index (χ1n) is 10.3. The van der Waals surface area contributed by atoms with Gasteiger partial charge in [0, 0.05) is 31.2 Å². The number of fused-ring (bicyclic) bond motifs is 1. The number of imidazole rings is 1. The molecule has 1 saturated carbocycles. The van der Waals surface area contributed by atoms with Crippen molar-refractivity contribution < 1.29 is 19.2 Å². The van der Waals surface area contributed by atoms with Crippen LogP contribution in [-0.2, 0) is 9.47 Å². The fraction of sp³-hybridized carbons (Fsp3) is 0.429. The highest BCUT2D eigenvalue weighted by atomic mass is 16.6. The van der Waals surface area contributed by atoms with Gasteiger partial charge in [-0.3, -0.25) is 14.9 Å². The molecule has 3 aromatic rings. The van der Waals surface area contributed by atoms with Gasteiger partial charge in [-0.2, -0.15) is 0 Å². The molecule has 2 heterocycles. The van der Waals surface area contributed by atoms with Crippen molar-refractivity contribution in [2.75, 3.05) is 20.3 Å². The SMILES string of the molecule is COCCOC1CCC(NC(=O)c2cc(-n3ccnc3)cc3c([N+](=O)[O-])c[nH]c23)CC1. The molecule has 31 heavy (non-hydrogen) atoms. The highest BCUT2D eigenvalue weighted by Crippen LogP contribution is 2.31. The lowest BCUT2D eigenvalue weighted by Crippen LogP contribution is -2.39. The third-order valence-corrected chi connectivity index (χ3v) is 5.65. The van der Waals surface area contributed by atoms with Crippen molar-refractivity contribution in [2.24, 2.45) is 0 Å². The second kappa shape index (κ2) is 9.27. The lowest BCUT2D eigenvalue weighted by molar-refractivity contribution is -0.383. The van der Waals surface area contributed by atoms with E-state index in [-0.39, 0.29) is 23.7 Å². The molecule has 1 aromatic carbocycles. The van der Waals surface area contributed by atoms with Gasteiger partial charge in [0.15, 0.2) is 0 Å². The summed E-state index contributed by atoms with van der Waals surface area (Å²) in [6.07, 6.45) is 9.81. The molecule has 1 amide bonds. The minimum absolute atomic E-state index is 0.0340. The van der Waals surface area contributed by atoms with Gasteiger partial charge in [-0.25, -0.2) is 4.98 Å². The molecule has 2 aromatic heterocycles. The van der Waals surface area contributed by atoms with E-state index < -0.39 is 4.92 Å². The molecule has 10 heteroatoms. The molecule has 1 aliphatic carbocycles. The van der Waals surface area contributed by atoms with Crippen LogP contribution in [0.25, 0.3) is 16.6 Å². The highest BCUT2D eigenvalue weighted by molar-refractivity contribution is 6.09. The molecule has 1 fully saturated rings. The zero-order chi connectivity index (χ0) is 21.8. The second-order valence-corrected chi connectivity index (χ2v) is 7.63. The van der Waals surface area contributed by atoms with E-state index in [2.05, 4.69) is 15.3 Å². The summed E-state index contributed by atoms with van der Waals surface area (Å²) in [5.41, 5.74) is 1.38. The summed E-state index contributed by atoms with van der Waals surface area (Å²) in [5, 5.41) is 14.9. The van der Waals surface area contributed by atoms with E-state index in [0.717, 1.165) is 25.7 Å². The zero-order valence-corrected chi connectivity index (χ0v) is 17.2. The number of nitro groups is 1. The maximum atomic E-state index is 13.1. The zero-order valence-electron chi connectivity index (χ0n) is 17.2. The van der Waals surface area contributed by atoms with E-state index in [1.54, 1.807) is 42.5 Å². The molecule has 0 aliphatic heterocycles. The van der Waals surface area contributed by atoms with Crippen molar-refractivity contribution in [3.63, 3.8) is 0 Å². The van der Waals surface area contributed by atoms with Crippen molar-refractivity contribution in [3.8, 4) is 5.69 Å². The third-order valence-electron chi connectivity index (χ3n) is 5.65. The minimum Gasteiger partial charge on any atom is -0.382 e. The Morgan fingerprint density at radius 2 is 2.13 bits per heavy atom. The first-order chi connectivity index (χ1) is 15.1. The maximum Gasteiger partial charge on any atom is 0.294 e. The number of nitrogens with zero attached hydrogens (tertiary/aromatic N) is 3. The maximum absolute atomic E-state index is 13.1. The van der Waals surface area contributed by atoms with Crippen molar-refractivity contribution >= 4 is 22.5 Å². The standard InChI is InChI=1S/C21H25N5O5/c1-30-8-9-31-16-4-2-14(3-5-16)24-21(27)18-11-15(25-7-6-22-13-25)10-17-19(26(28)29)12-23-20(17)18/h6-7,10-14,16,23H,2-5,8-9H2,1H3,(H,24,27). The number of rotatable bonds is 8. The summed E-state index contributed by atoms with van der Waals surface area (Å²) in [7, 11) is 1.65. The van der Waals surface area contributed by atoms with E-state index in [1.165, 1.54) is 6.20 Å². The molecule has 164 valence electrons. The molecule has 0 saturated heterocycles. The van der Waals surface area contributed by atoms with Crippen LogP contribution in [0.2, 0.25) is 0 Å². The van der Waals surface area contributed by atoms with Crippen molar-refractivity contribution in [2.45, 2.75) is 37.8 Å². The molecule has 0 radical (unpaired) electrons. The number of hydrogen-bond acceptors (Lipinski definition) is 6. The number of aromatic amines is 1. The topological polar surface area (TPSA) is 124 Å². The molecule has 1 aliphatic rings. The van der Waals surface area contributed by atoms with E-state index >= 15 is 0 Å². The van der Waals surface area contributed by atoms with E-state index in [4.69, 9.17) is 9.47 Å². The van der Waals surface area contributed by atoms with E-state index in [0.29, 0.717) is 35.4 Å². The Balaban J connectivity index is 1.53. The van der Waals surface area contributed by atoms with Crippen LogP contribution >= 0.6 is 0 Å². The Bertz CT molecular complexity index is 1050. The third kappa shape index (κ3) is 4.59. The van der Waals surface area contributed by atoms with Gasteiger partial charge in [-0.1, -0.05) is 0 Å². The average Bonchev–Trinajstić information content (AvgIpc) is 3.44. The molecule has 0 bridgehead atoms. The summed E-state index contributed by atoms with van der Waals surface area (Å²) in [5.74, 6) is -0.257. The van der Waals surface area contributed by atoms with E-state index in [1.807, 2.05) is 0 Å². The van der Waals surface area contributed by atoms with Crippen molar-refractivity contribution in [1.82, 2.24) is 19.9 Å². The van der Waals surface area contributed by atoms with Crippen molar-refractivity contribution in [3.05, 3.63) is 52.7 Å². The highest BCUT2D eigenvalue weighted by Gasteiger charge is 2.26. The van der Waals surface area contributed by atoms with Gasteiger partial charge in [0.05, 0.1) is 53.2 Å². The summed E-state index contributed by atoms with van der Waals surface area (Å²) in [6.45, 7) is 1.14. The second-order valence-electron chi connectivity index (χ2n) is 7.63. The van der Waals surface area contributed by atoms with Crippen LogP contribution in [-0.4, -0.2) is 57.8 Å². The molecular formula is C21H25N5O5. The quantitative estimate of drug-likeness (QED) is 0.324. The normalized spacial score (nSPS) is 18.9. The number of carbonyl (C=O) groups is 1.